The van der Waals surface area contributed by atoms with Gasteiger partial charge < -0.3 is 4.74 Å². The topological polar surface area (TPSA) is 102 Å². The average Bonchev–Trinajstić information content (AvgIpc) is 2.61. The van der Waals surface area contributed by atoms with Gasteiger partial charge in [0.05, 0.1) is 11.8 Å². The van der Waals surface area contributed by atoms with E-state index in [0.29, 0.717) is 11.4 Å². The van der Waals surface area contributed by atoms with Crippen LogP contribution in [0.4, 0.5) is 11.4 Å². The highest BCUT2D eigenvalue weighted by molar-refractivity contribution is 6.10. The van der Waals surface area contributed by atoms with Crippen molar-refractivity contribution in [2.75, 3.05) is 18.6 Å². The van der Waals surface area contributed by atoms with Crippen molar-refractivity contribution in [1.82, 2.24) is 0 Å². The first-order valence-corrected chi connectivity index (χ1v) is 7.75. The Balaban J connectivity index is 2.90. The first-order valence-electron chi connectivity index (χ1n) is 7.75. The SMILES string of the molecule is COCC(=O)N(c1c(C)c(C)c(N=[N+]=[N-])c2ccccc12)C(C)C#N. The van der Waals surface area contributed by atoms with Crippen LogP contribution in [0.3, 0.4) is 0 Å². The van der Waals surface area contributed by atoms with E-state index in [-0.39, 0.29) is 12.5 Å². The number of rotatable bonds is 5. The maximum absolute atomic E-state index is 12.6. The molecule has 1 atom stereocenters. The van der Waals surface area contributed by atoms with Gasteiger partial charge in [-0.3, -0.25) is 9.69 Å². The number of ether oxygens (including phenoxy) is 1. The fourth-order valence-corrected chi connectivity index (χ4v) is 2.92. The third kappa shape index (κ3) is 3.26. The van der Waals surface area contributed by atoms with Crippen molar-refractivity contribution < 1.29 is 9.53 Å². The molecular formula is C18H19N5O2. The largest absolute Gasteiger partial charge is 0.375 e. The lowest BCUT2D eigenvalue weighted by molar-refractivity contribution is -0.122. The summed E-state index contributed by atoms with van der Waals surface area (Å²) in [5, 5.41) is 14.7. The fourth-order valence-electron chi connectivity index (χ4n) is 2.92. The van der Waals surface area contributed by atoms with Crippen LogP contribution in [0.2, 0.25) is 0 Å². The predicted octanol–water partition coefficient (Wildman–Crippen LogP) is 4.29. The van der Waals surface area contributed by atoms with E-state index in [1.165, 1.54) is 12.0 Å². The van der Waals surface area contributed by atoms with E-state index in [4.69, 9.17) is 10.3 Å². The van der Waals surface area contributed by atoms with Gasteiger partial charge in [-0.05, 0) is 42.8 Å². The summed E-state index contributed by atoms with van der Waals surface area (Å²) in [6, 6.07) is 8.82. The molecule has 128 valence electrons. The molecule has 1 amide bonds. The molecule has 0 fully saturated rings. The van der Waals surface area contributed by atoms with Crippen molar-refractivity contribution in [2.45, 2.75) is 26.8 Å². The lowest BCUT2D eigenvalue weighted by Crippen LogP contribution is -2.40. The normalized spacial score (nSPS) is 11.5. The van der Waals surface area contributed by atoms with Gasteiger partial charge in [-0.2, -0.15) is 5.26 Å². The van der Waals surface area contributed by atoms with Gasteiger partial charge in [0.1, 0.15) is 12.6 Å². The number of methoxy groups -OCH3 is 1. The number of azide groups is 1. The Morgan fingerprint density at radius 3 is 2.56 bits per heavy atom. The summed E-state index contributed by atoms with van der Waals surface area (Å²) in [6.07, 6.45) is 0. The zero-order valence-electron chi connectivity index (χ0n) is 14.6. The molecule has 2 aromatic carbocycles. The monoisotopic (exact) mass is 337 g/mol. The van der Waals surface area contributed by atoms with Crippen LogP contribution in [-0.2, 0) is 9.53 Å². The van der Waals surface area contributed by atoms with Crippen LogP contribution < -0.4 is 4.90 Å². The number of benzene rings is 2. The molecule has 0 spiro atoms. The van der Waals surface area contributed by atoms with Crippen molar-refractivity contribution in [2.24, 2.45) is 5.11 Å². The summed E-state index contributed by atoms with van der Waals surface area (Å²) in [5.74, 6) is -0.305. The quantitative estimate of drug-likeness (QED) is 0.462. The first kappa shape index (κ1) is 18.3. The number of hydrogen-bond donors (Lipinski definition) is 0. The van der Waals surface area contributed by atoms with Gasteiger partial charge in [-0.1, -0.05) is 29.4 Å². The molecular weight excluding hydrogens is 318 g/mol. The molecule has 0 saturated carbocycles. The zero-order chi connectivity index (χ0) is 18.6. The standard InChI is InChI=1S/C18H19N5O2/c1-11(9-19)23(16(24)10-25-4)18-13(3)12(2)17(21-22-20)14-7-5-6-8-15(14)18/h5-8,11H,10H2,1-4H3. The maximum atomic E-state index is 12.6. The lowest BCUT2D eigenvalue weighted by Gasteiger charge is -2.29. The lowest BCUT2D eigenvalue weighted by atomic mass is 9.96. The molecule has 0 aliphatic heterocycles. The number of amides is 1. The van der Waals surface area contributed by atoms with Crippen LogP contribution in [0.1, 0.15) is 18.1 Å². The molecule has 0 heterocycles. The van der Waals surface area contributed by atoms with Crippen LogP contribution in [0.25, 0.3) is 21.2 Å². The molecule has 7 heteroatoms. The van der Waals surface area contributed by atoms with Crippen LogP contribution in [0.15, 0.2) is 29.4 Å². The molecule has 25 heavy (non-hydrogen) atoms. The van der Waals surface area contributed by atoms with Gasteiger partial charge in [-0.25, -0.2) is 0 Å². The van der Waals surface area contributed by atoms with Crippen molar-refractivity contribution in [3.8, 4) is 6.07 Å². The molecule has 0 aliphatic carbocycles. The minimum Gasteiger partial charge on any atom is -0.375 e. The minimum atomic E-state index is -0.672. The van der Waals surface area contributed by atoms with E-state index in [0.717, 1.165) is 21.9 Å². The minimum absolute atomic E-state index is 0.128. The number of carbonyl (C=O) groups excluding carboxylic acids is 1. The van der Waals surface area contributed by atoms with E-state index < -0.39 is 6.04 Å². The molecule has 0 N–H and O–H groups in total. The van der Waals surface area contributed by atoms with E-state index in [1.54, 1.807) is 6.92 Å². The molecule has 0 aliphatic rings. The molecule has 2 aromatic rings. The second-order valence-electron chi connectivity index (χ2n) is 5.68. The Bertz CT molecular complexity index is 910. The number of fused-ring (bicyclic) bond motifs is 1. The second-order valence-corrected chi connectivity index (χ2v) is 5.68. The van der Waals surface area contributed by atoms with Gasteiger partial charge in [0.25, 0.3) is 5.91 Å². The summed E-state index contributed by atoms with van der Waals surface area (Å²) in [4.78, 5) is 17.0. The number of anilines is 1. The summed E-state index contributed by atoms with van der Waals surface area (Å²) >= 11 is 0. The van der Waals surface area contributed by atoms with Gasteiger partial charge in [0.15, 0.2) is 0 Å². The molecule has 1 unspecified atom stereocenters. The van der Waals surface area contributed by atoms with Crippen LogP contribution in [0, 0.1) is 25.2 Å². The summed E-state index contributed by atoms with van der Waals surface area (Å²) in [5.41, 5.74) is 11.6. The van der Waals surface area contributed by atoms with Gasteiger partial charge in [0, 0.05) is 23.1 Å². The Hall–Kier alpha value is -3.07. The fraction of sp³-hybridized carbons (Fsp3) is 0.333. The van der Waals surface area contributed by atoms with E-state index in [2.05, 4.69) is 16.1 Å². The summed E-state index contributed by atoms with van der Waals surface area (Å²) in [7, 11) is 1.44. The van der Waals surface area contributed by atoms with Gasteiger partial charge in [0.2, 0.25) is 0 Å². The predicted molar refractivity (Wildman–Crippen MR) is 96.7 cm³/mol. The van der Waals surface area contributed by atoms with E-state index in [1.807, 2.05) is 38.1 Å². The molecule has 0 saturated heterocycles. The van der Waals surface area contributed by atoms with Crippen LogP contribution in [0.5, 0.6) is 0 Å². The Kier molecular flexibility index (Phi) is 5.60. The molecule has 0 radical (unpaired) electrons. The van der Waals surface area contributed by atoms with Crippen LogP contribution in [-0.4, -0.2) is 25.7 Å². The smallest absolute Gasteiger partial charge is 0.254 e. The molecule has 0 bridgehead atoms. The average molecular weight is 337 g/mol. The zero-order valence-corrected chi connectivity index (χ0v) is 14.6. The molecule has 7 nitrogen and oxygen atoms in total. The Labute approximate surface area is 146 Å². The third-order valence-electron chi connectivity index (χ3n) is 4.21. The van der Waals surface area contributed by atoms with E-state index >= 15 is 0 Å². The first-order chi connectivity index (χ1) is 12.0. The number of hydrogen-bond acceptors (Lipinski definition) is 4. The highest BCUT2D eigenvalue weighted by Gasteiger charge is 2.27. The van der Waals surface area contributed by atoms with Crippen molar-refractivity contribution in [3.05, 3.63) is 45.8 Å². The van der Waals surface area contributed by atoms with Gasteiger partial charge >= 0.3 is 0 Å². The third-order valence-corrected chi connectivity index (χ3v) is 4.21. The van der Waals surface area contributed by atoms with Gasteiger partial charge in [-0.15, -0.1) is 0 Å². The second kappa shape index (κ2) is 7.67. The summed E-state index contributed by atoms with van der Waals surface area (Å²) in [6.45, 7) is 5.23. The van der Waals surface area contributed by atoms with Crippen molar-refractivity contribution in [1.29, 1.82) is 5.26 Å². The highest BCUT2D eigenvalue weighted by atomic mass is 16.5. The number of nitrogens with zero attached hydrogens (tertiary/aromatic N) is 5. The Morgan fingerprint density at radius 1 is 1.36 bits per heavy atom. The number of carbonyl (C=O) groups is 1. The summed E-state index contributed by atoms with van der Waals surface area (Å²) < 4.78 is 4.98. The number of nitriles is 1. The van der Waals surface area contributed by atoms with Crippen molar-refractivity contribution >= 4 is 28.1 Å². The van der Waals surface area contributed by atoms with Crippen molar-refractivity contribution in [3.63, 3.8) is 0 Å². The highest BCUT2D eigenvalue weighted by Crippen LogP contribution is 2.41. The van der Waals surface area contributed by atoms with E-state index in [9.17, 15) is 10.1 Å². The molecule has 0 aromatic heterocycles. The maximum Gasteiger partial charge on any atom is 0.254 e. The molecule has 2 rings (SSSR count). The Morgan fingerprint density at radius 2 is 2.00 bits per heavy atom. The van der Waals surface area contributed by atoms with Crippen LogP contribution >= 0.6 is 0 Å².